The summed E-state index contributed by atoms with van der Waals surface area (Å²) < 4.78 is 0. The highest BCUT2D eigenvalue weighted by atomic mass is 16.1. The van der Waals surface area contributed by atoms with E-state index >= 15 is 0 Å². The number of rotatable bonds is 5. The molecule has 0 spiro atoms. The summed E-state index contributed by atoms with van der Waals surface area (Å²) >= 11 is 0. The smallest absolute Gasteiger partial charge is 0.164 e. The summed E-state index contributed by atoms with van der Waals surface area (Å²) in [5.41, 5.74) is 1.79. The topological polar surface area (TPSA) is 20.3 Å². The third-order valence-electron chi connectivity index (χ3n) is 2.25. The lowest BCUT2D eigenvalue weighted by Crippen LogP contribution is -2.08. The van der Waals surface area contributed by atoms with Crippen LogP contribution in [0.5, 0.6) is 0 Å². The molecule has 0 heterocycles. The van der Waals surface area contributed by atoms with Gasteiger partial charge < -0.3 is 4.90 Å². The van der Waals surface area contributed by atoms with Crippen molar-refractivity contribution in [1.82, 2.24) is 4.90 Å². The maximum Gasteiger partial charge on any atom is 0.164 e. The molecule has 0 unspecified atom stereocenters. The molecule has 2 heteroatoms. The number of nitrogens with zero attached hydrogens (tertiary/aromatic N) is 1. The van der Waals surface area contributed by atoms with Crippen molar-refractivity contribution in [2.45, 2.75) is 19.8 Å². The van der Waals surface area contributed by atoms with Crippen molar-refractivity contribution in [1.29, 1.82) is 0 Å². The SMILES string of the molecule is CCCC(=O)/C(=C/N(C)C)c1ccccc1. The van der Waals surface area contributed by atoms with Gasteiger partial charge >= 0.3 is 0 Å². The van der Waals surface area contributed by atoms with Gasteiger partial charge in [-0.15, -0.1) is 0 Å². The molecule has 0 aliphatic heterocycles. The number of hydrogen-bond donors (Lipinski definition) is 0. The van der Waals surface area contributed by atoms with Crippen molar-refractivity contribution in [2.24, 2.45) is 0 Å². The van der Waals surface area contributed by atoms with E-state index in [1.54, 1.807) is 0 Å². The highest BCUT2D eigenvalue weighted by molar-refractivity contribution is 6.20. The van der Waals surface area contributed by atoms with Crippen molar-refractivity contribution >= 4 is 11.4 Å². The molecule has 0 saturated heterocycles. The number of ketones is 1. The number of Topliss-reactive ketones (excluding diaryl/α,β-unsaturated/α-hetero) is 1. The van der Waals surface area contributed by atoms with Crippen LogP contribution in [0.15, 0.2) is 36.5 Å². The lowest BCUT2D eigenvalue weighted by molar-refractivity contribution is -0.113. The monoisotopic (exact) mass is 217 g/mol. The van der Waals surface area contributed by atoms with Crippen LogP contribution in [-0.2, 0) is 4.79 Å². The van der Waals surface area contributed by atoms with Crippen LogP contribution in [0.4, 0.5) is 0 Å². The first kappa shape index (κ1) is 12.5. The second-order valence-electron chi connectivity index (χ2n) is 4.05. The Morgan fingerprint density at radius 1 is 1.25 bits per heavy atom. The van der Waals surface area contributed by atoms with Gasteiger partial charge in [0, 0.05) is 32.3 Å². The summed E-state index contributed by atoms with van der Waals surface area (Å²) in [5.74, 6) is 0.211. The zero-order valence-corrected chi connectivity index (χ0v) is 10.2. The molecule has 0 N–H and O–H groups in total. The van der Waals surface area contributed by atoms with E-state index in [-0.39, 0.29) is 5.78 Å². The standard InChI is InChI=1S/C14H19NO/c1-4-8-14(16)13(11-15(2)3)12-9-6-5-7-10-12/h5-7,9-11H,4,8H2,1-3H3/b13-11+. The van der Waals surface area contributed by atoms with Gasteiger partial charge in [-0.2, -0.15) is 0 Å². The summed E-state index contributed by atoms with van der Waals surface area (Å²) in [4.78, 5) is 13.9. The van der Waals surface area contributed by atoms with E-state index in [1.807, 2.05) is 62.5 Å². The first-order valence-electron chi connectivity index (χ1n) is 5.62. The molecule has 0 aromatic heterocycles. The predicted octanol–water partition coefficient (Wildman–Crippen LogP) is 2.96. The summed E-state index contributed by atoms with van der Waals surface area (Å²) in [5, 5.41) is 0. The van der Waals surface area contributed by atoms with E-state index in [2.05, 4.69) is 0 Å². The minimum Gasteiger partial charge on any atom is -0.383 e. The highest BCUT2D eigenvalue weighted by Gasteiger charge is 2.10. The second kappa shape index (κ2) is 6.11. The van der Waals surface area contributed by atoms with E-state index in [1.165, 1.54) is 0 Å². The molecule has 86 valence electrons. The first-order valence-corrected chi connectivity index (χ1v) is 5.62. The summed E-state index contributed by atoms with van der Waals surface area (Å²) in [6.45, 7) is 2.02. The average molecular weight is 217 g/mol. The lowest BCUT2D eigenvalue weighted by atomic mass is 10.00. The van der Waals surface area contributed by atoms with Crippen LogP contribution in [-0.4, -0.2) is 24.8 Å². The molecule has 1 aromatic carbocycles. The van der Waals surface area contributed by atoms with E-state index in [0.29, 0.717) is 6.42 Å². The Labute approximate surface area is 97.6 Å². The Bertz CT molecular complexity index is 366. The van der Waals surface area contributed by atoms with Crippen LogP contribution in [0.25, 0.3) is 5.57 Å². The third kappa shape index (κ3) is 3.54. The largest absolute Gasteiger partial charge is 0.383 e. The number of carbonyl (C=O) groups excluding carboxylic acids is 1. The van der Waals surface area contributed by atoms with Gasteiger partial charge in [-0.1, -0.05) is 37.3 Å². The number of hydrogen-bond acceptors (Lipinski definition) is 2. The molecular weight excluding hydrogens is 198 g/mol. The quantitative estimate of drug-likeness (QED) is 0.707. The number of carbonyl (C=O) groups is 1. The Morgan fingerprint density at radius 3 is 2.38 bits per heavy atom. The Balaban J connectivity index is 3.02. The van der Waals surface area contributed by atoms with Crippen LogP contribution in [0, 0.1) is 0 Å². The Hall–Kier alpha value is -1.57. The maximum absolute atomic E-state index is 12.0. The summed E-state index contributed by atoms with van der Waals surface area (Å²) in [7, 11) is 3.87. The molecule has 0 aliphatic carbocycles. The second-order valence-corrected chi connectivity index (χ2v) is 4.05. The normalized spacial score (nSPS) is 11.3. The minimum atomic E-state index is 0.211. The molecule has 0 aliphatic rings. The Kier molecular flexibility index (Phi) is 4.77. The average Bonchev–Trinajstić information content (AvgIpc) is 2.27. The number of allylic oxidation sites excluding steroid dienone is 1. The van der Waals surface area contributed by atoms with Crippen LogP contribution >= 0.6 is 0 Å². The van der Waals surface area contributed by atoms with E-state index < -0.39 is 0 Å². The van der Waals surface area contributed by atoms with Gasteiger partial charge in [-0.3, -0.25) is 4.79 Å². The fourth-order valence-electron chi connectivity index (χ4n) is 1.55. The van der Waals surface area contributed by atoms with Crippen LogP contribution in [0.1, 0.15) is 25.3 Å². The molecule has 2 nitrogen and oxygen atoms in total. The molecule has 0 bridgehead atoms. The maximum atomic E-state index is 12.0. The summed E-state index contributed by atoms with van der Waals surface area (Å²) in [6.07, 6.45) is 3.39. The molecular formula is C14H19NO. The molecule has 0 amide bonds. The zero-order valence-electron chi connectivity index (χ0n) is 10.2. The van der Waals surface area contributed by atoms with Gasteiger partial charge in [-0.05, 0) is 12.0 Å². The van der Waals surface area contributed by atoms with Crippen molar-refractivity contribution in [2.75, 3.05) is 14.1 Å². The van der Waals surface area contributed by atoms with Gasteiger partial charge in [0.2, 0.25) is 0 Å². The van der Waals surface area contributed by atoms with Crippen molar-refractivity contribution < 1.29 is 4.79 Å². The molecule has 0 atom stereocenters. The van der Waals surface area contributed by atoms with Crippen molar-refractivity contribution in [3.63, 3.8) is 0 Å². The van der Waals surface area contributed by atoms with Gasteiger partial charge in [0.1, 0.15) is 0 Å². The molecule has 1 aromatic rings. The molecule has 0 saturated carbocycles. The molecule has 16 heavy (non-hydrogen) atoms. The van der Waals surface area contributed by atoms with E-state index in [0.717, 1.165) is 17.6 Å². The lowest BCUT2D eigenvalue weighted by Gasteiger charge is -2.11. The van der Waals surface area contributed by atoms with Crippen molar-refractivity contribution in [3.05, 3.63) is 42.1 Å². The van der Waals surface area contributed by atoms with Gasteiger partial charge in [0.25, 0.3) is 0 Å². The van der Waals surface area contributed by atoms with Gasteiger partial charge in [0.15, 0.2) is 5.78 Å². The molecule has 0 radical (unpaired) electrons. The van der Waals surface area contributed by atoms with E-state index in [9.17, 15) is 4.79 Å². The van der Waals surface area contributed by atoms with E-state index in [4.69, 9.17) is 0 Å². The van der Waals surface area contributed by atoms with Gasteiger partial charge in [0.05, 0.1) is 0 Å². The van der Waals surface area contributed by atoms with Gasteiger partial charge in [-0.25, -0.2) is 0 Å². The highest BCUT2D eigenvalue weighted by Crippen LogP contribution is 2.17. The third-order valence-corrected chi connectivity index (χ3v) is 2.25. The molecule has 0 fully saturated rings. The predicted molar refractivity (Wildman–Crippen MR) is 68.0 cm³/mol. The minimum absolute atomic E-state index is 0.211. The molecule has 1 rings (SSSR count). The van der Waals surface area contributed by atoms with Crippen LogP contribution < -0.4 is 0 Å². The zero-order chi connectivity index (χ0) is 12.0. The summed E-state index contributed by atoms with van der Waals surface area (Å²) in [6, 6.07) is 9.82. The van der Waals surface area contributed by atoms with Crippen molar-refractivity contribution in [3.8, 4) is 0 Å². The number of benzene rings is 1. The Morgan fingerprint density at radius 2 is 1.88 bits per heavy atom. The van der Waals surface area contributed by atoms with Crippen LogP contribution in [0.3, 0.4) is 0 Å². The first-order chi connectivity index (χ1) is 7.65. The fourth-order valence-corrected chi connectivity index (χ4v) is 1.55. The van der Waals surface area contributed by atoms with Crippen LogP contribution in [0.2, 0.25) is 0 Å². The fraction of sp³-hybridized carbons (Fsp3) is 0.357.